The van der Waals surface area contributed by atoms with Crippen LogP contribution < -0.4 is 21.3 Å². The van der Waals surface area contributed by atoms with Crippen molar-refractivity contribution in [3.8, 4) is 0 Å². The maximum Gasteiger partial charge on any atom is 0.304 e. The molecule has 0 aliphatic carbocycles. The Balaban J connectivity index is 2.03. The molecule has 2 rings (SSSR count). The maximum atomic E-state index is 14.2. The summed E-state index contributed by atoms with van der Waals surface area (Å²) in [5.41, 5.74) is 0.0912. The zero-order chi connectivity index (χ0) is 41.8. The van der Waals surface area contributed by atoms with E-state index in [0.717, 1.165) is 22.2 Å². The lowest BCUT2D eigenvalue weighted by Gasteiger charge is -2.40. The Labute approximate surface area is 330 Å². The molecule has 0 spiro atoms. The van der Waals surface area contributed by atoms with Gasteiger partial charge in [0, 0.05) is 55.8 Å². The number of imide groups is 1. The molecule has 1 aromatic rings. The average molecular weight is 787 g/mol. The number of carbonyl (C=O) groups excluding carboxylic acids is 6. The number of benzene rings is 1. The minimum atomic E-state index is -0.976. The summed E-state index contributed by atoms with van der Waals surface area (Å²) < 4.78 is 0. The number of carboxylic acids is 1. The van der Waals surface area contributed by atoms with Gasteiger partial charge in [-0.25, -0.2) is 0 Å². The van der Waals surface area contributed by atoms with Gasteiger partial charge in [0.15, 0.2) is 0 Å². The summed E-state index contributed by atoms with van der Waals surface area (Å²) in [6, 6.07) is 7.16. The van der Waals surface area contributed by atoms with Crippen LogP contribution in [0.3, 0.4) is 0 Å². The molecule has 306 valence electrons. The number of likely N-dealkylation sites (tertiary alicyclic amines) is 1. The van der Waals surface area contributed by atoms with Gasteiger partial charge in [0.05, 0.1) is 23.8 Å². The molecule has 15 heteroatoms. The molecular weight excluding hydrogens is 725 g/mol. The average Bonchev–Trinajstić information content (AvgIpc) is 3.35. The predicted octanol–water partition coefficient (Wildman–Crippen LogP) is 2.86. The number of carboxylic acid groups (broad SMARTS) is 1. The Hall–Kier alpha value is -4.24. The number of likely N-dealkylation sites (N-methyl/N-ethyl adjacent to an activating group) is 2. The van der Waals surface area contributed by atoms with Crippen molar-refractivity contribution >= 4 is 53.2 Å². The molecule has 1 aliphatic heterocycles. The first-order valence-corrected chi connectivity index (χ1v) is 19.8. The van der Waals surface area contributed by atoms with Gasteiger partial charge >= 0.3 is 5.97 Å². The number of nitrogens with zero attached hydrogens (tertiary/aromatic N) is 2. The SMILES string of the molecule is CN[C@H](C(=O)N[C@H](C(=O)N(C)[C@H](/C=C(\C)C(=O)N[C@H](C)CC(=O)NCCN1C(=O)CC(SCCC(=O)O)C1=O)C(C)C)C(C)(C)C)C(C)(C)c1ccccc1. The van der Waals surface area contributed by atoms with Gasteiger partial charge in [-0.1, -0.05) is 84.9 Å². The minimum absolute atomic E-state index is 0.00682. The van der Waals surface area contributed by atoms with Crippen LogP contribution in [0.2, 0.25) is 0 Å². The van der Waals surface area contributed by atoms with Crippen LogP contribution in [0.5, 0.6) is 0 Å². The van der Waals surface area contributed by atoms with E-state index in [1.54, 1.807) is 38.9 Å². The quantitative estimate of drug-likeness (QED) is 0.0970. The topological polar surface area (TPSA) is 194 Å². The summed E-state index contributed by atoms with van der Waals surface area (Å²) in [7, 11) is 3.39. The molecule has 55 heavy (non-hydrogen) atoms. The summed E-state index contributed by atoms with van der Waals surface area (Å²) in [6.07, 6.45) is 1.55. The summed E-state index contributed by atoms with van der Waals surface area (Å²) in [5, 5.41) is 19.9. The molecule has 14 nitrogen and oxygen atoms in total. The van der Waals surface area contributed by atoms with E-state index < -0.39 is 58.0 Å². The van der Waals surface area contributed by atoms with Gasteiger partial charge in [-0.3, -0.25) is 38.5 Å². The van der Waals surface area contributed by atoms with Gasteiger partial charge in [-0.2, -0.15) is 0 Å². The highest BCUT2D eigenvalue weighted by Gasteiger charge is 2.42. The second-order valence-corrected chi connectivity index (χ2v) is 17.5. The summed E-state index contributed by atoms with van der Waals surface area (Å²) >= 11 is 1.14. The fraction of sp³-hybridized carbons (Fsp3) is 0.625. The largest absolute Gasteiger partial charge is 0.481 e. The Morgan fingerprint density at radius 2 is 1.62 bits per heavy atom. The van der Waals surface area contributed by atoms with Gasteiger partial charge < -0.3 is 31.3 Å². The zero-order valence-corrected chi connectivity index (χ0v) is 35.1. The van der Waals surface area contributed by atoms with Crippen LogP contribution in [-0.4, -0.2) is 119 Å². The van der Waals surface area contributed by atoms with Crippen molar-refractivity contribution in [1.29, 1.82) is 0 Å². The Bertz CT molecular complexity index is 1570. The van der Waals surface area contributed by atoms with Crippen LogP contribution in [0.15, 0.2) is 42.0 Å². The van der Waals surface area contributed by atoms with Gasteiger partial charge in [0.1, 0.15) is 6.04 Å². The third-order valence-corrected chi connectivity index (χ3v) is 11.0. The van der Waals surface area contributed by atoms with Crippen molar-refractivity contribution in [1.82, 2.24) is 31.1 Å². The van der Waals surface area contributed by atoms with Crippen molar-refractivity contribution in [3.05, 3.63) is 47.5 Å². The fourth-order valence-electron chi connectivity index (χ4n) is 6.51. The first kappa shape index (κ1) is 46.9. The van der Waals surface area contributed by atoms with E-state index in [9.17, 15) is 33.6 Å². The molecule has 6 amide bonds. The lowest BCUT2D eigenvalue weighted by molar-refractivity contribution is -0.141. The van der Waals surface area contributed by atoms with Crippen LogP contribution in [0.4, 0.5) is 0 Å². The van der Waals surface area contributed by atoms with Crippen LogP contribution in [0.1, 0.15) is 87.1 Å². The number of hydrogen-bond acceptors (Lipinski definition) is 9. The fourth-order valence-corrected chi connectivity index (χ4v) is 7.62. The number of nitrogens with one attached hydrogen (secondary N) is 4. The molecular formula is C40H62N6O8S. The third kappa shape index (κ3) is 13.5. The van der Waals surface area contributed by atoms with Gasteiger partial charge in [0.25, 0.3) is 0 Å². The normalized spacial score (nSPS) is 17.3. The Morgan fingerprint density at radius 3 is 2.16 bits per heavy atom. The van der Waals surface area contributed by atoms with Crippen LogP contribution in [0, 0.1) is 11.3 Å². The van der Waals surface area contributed by atoms with E-state index in [4.69, 9.17) is 5.11 Å². The van der Waals surface area contributed by atoms with E-state index in [-0.39, 0.29) is 67.7 Å². The molecule has 1 fully saturated rings. The number of hydrogen-bond donors (Lipinski definition) is 5. The number of carbonyl (C=O) groups is 7. The molecule has 1 saturated heterocycles. The van der Waals surface area contributed by atoms with Gasteiger partial charge in [-0.05, 0) is 37.8 Å². The van der Waals surface area contributed by atoms with Crippen molar-refractivity contribution in [2.24, 2.45) is 11.3 Å². The summed E-state index contributed by atoms with van der Waals surface area (Å²) in [4.78, 5) is 92.3. The number of amides is 6. The highest BCUT2D eigenvalue weighted by molar-refractivity contribution is 8.00. The van der Waals surface area contributed by atoms with Crippen LogP contribution in [-0.2, 0) is 39.0 Å². The highest BCUT2D eigenvalue weighted by atomic mass is 32.2. The number of rotatable bonds is 20. The predicted molar refractivity (Wildman–Crippen MR) is 214 cm³/mol. The second-order valence-electron chi connectivity index (χ2n) is 16.2. The van der Waals surface area contributed by atoms with E-state index in [1.165, 1.54) is 0 Å². The smallest absolute Gasteiger partial charge is 0.304 e. The molecule has 1 aromatic carbocycles. The molecule has 0 saturated carbocycles. The van der Waals surface area contributed by atoms with Crippen molar-refractivity contribution < 1.29 is 38.7 Å². The standard InChI is InChI=1S/C40H62N6O8S/c1-24(2)28(45(11)38(54)34(39(5,6)7)44-36(52)33(41-10)40(8,9)27-15-13-12-14-16-27)21-25(3)35(51)43-26(4)22-30(47)42-18-19-46-31(48)23-29(37(46)53)55-20-17-32(49)50/h12-16,21,24,26,28-29,33-34,41H,17-20,22-23H2,1-11H3,(H,42,47)(H,43,51)(H,44,52)(H,49,50)/b25-21+/t26-,28-,29?,33-,34-/m1/s1. The molecule has 1 unspecified atom stereocenters. The Morgan fingerprint density at radius 1 is 1.00 bits per heavy atom. The van der Waals surface area contributed by atoms with Gasteiger partial charge in [-0.15, -0.1) is 11.8 Å². The monoisotopic (exact) mass is 786 g/mol. The van der Waals surface area contributed by atoms with Crippen molar-refractivity contribution in [2.45, 2.75) is 116 Å². The third-order valence-electron chi connectivity index (χ3n) is 9.81. The molecule has 1 heterocycles. The van der Waals surface area contributed by atoms with E-state index in [2.05, 4.69) is 21.3 Å². The number of thioether (sulfide) groups is 1. The van der Waals surface area contributed by atoms with Crippen molar-refractivity contribution in [3.63, 3.8) is 0 Å². The molecule has 0 bridgehead atoms. The minimum Gasteiger partial charge on any atom is -0.481 e. The van der Waals surface area contributed by atoms with Gasteiger partial charge in [0.2, 0.25) is 35.4 Å². The molecule has 5 atom stereocenters. The molecule has 1 aliphatic rings. The first-order valence-electron chi connectivity index (χ1n) is 18.8. The Kier molecular flexibility index (Phi) is 17.6. The lowest BCUT2D eigenvalue weighted by Crippen LogP contribution is -2.61. The van der Waals surface area contributed by atoms with Crippen LogP contribution in [0.25, 0.3) is 0 Å². The van der Waals surface area contributed by atoms with E-state index in [0.29, 0.717) is 5.57 Å². The van der Waals surface area contributed by atoms with Crippen LogP contribution >= 0.6 is 11.8 Å². The molecule has 0 aromatic heterocycles. The van der Waals surface area contributed by atoms with E-state index in [1.807, 2.05) is 78.8 Å². The summed E-state index contributed by atoms with van der Waals surface area (Å²) in [6.45, 7) is 16.9. The molecule has 0 radical (unpaired) electrons. The lowest BCUT2D eigenvalue weighted by atomic mass is 9.76. The van der Waals surface area contributed by atoms with Crippen molar-refractivity contribution in [2.75, 3.05) is 32.9 Å². The molecule has 5 N–H and O–H groups in total. The first-order chi connectivity index (χ1) is 25.5. The van der Waals surface area contributed by atoms with E-state index >= 15 is 0 Å². The zero-order valence-electron chi connectivity index (χ0n) is 34.3. The maximum absolute atomic E-state index is 14.2. The second kappa shape index (κ2) is 20.6. The summed E-state index contributed by atoms with van der Waals surface area (Å²) in [5.74, 6) is -3.01. The highest BCUT2D eigenvalue weighted by Crippen LogP contribution is 2.29. The number of aliphatic carboxylic acids is 1.